The molecule has 0 saturated carbocycles. The molecule has 0 bridgehead atoms. The van der Waals surface area contributed by atoms with Gasteiger partial charge in [-0.25, -0.2) is 24.1 Å². The van der Waals surface area contributed by atoms with E-state index in [1.807, 2.05) is 85.3 Å². The molecule has 0 unspecified atom stereocenters. The Morgan fingerprint density at radius 1 is 1.00 bits per heavy atom. The van der Waals surface area contributed by atoms with Crippen LogP contribution in [0.5, 0.6) is 0 Å². The van der Waals surface area contributed by atoms with Crippen molar-refractivity contribution in [2.24, 2.45) is 12.0 Å². The molecule has 0 saturated heterocycles. The minimum absolute atomic E-state index is 0.166. The van der Waals surface area contributed by atoms with Gasteiger partial charge in [0.05, 0.1) is 35.9 Å². The fourth-order valence-electron chi connectivity index (χ4n) is 4.59. The monoisotopic (exact) mass is 521 g/mol. The van der Waals surface area contributed by atoms with E-state index < -0.39 is 11.8 Å². The molecule has 196 valence electrons. The Kier molecular flexibility index (Phi) is 7.19. The van der Waals surface area contributed by atoms with Crippen LogP contribution in [0.4, 0.5) is 21.7 Å². The summed E-state index contributed by atoms with van der Waals surface area (Å²) in [5, 5.41) is 0. The predicted molar refractivity (Wildman–Crippen MR) is 152 cm³/mol. The molecule has 0 fully saturated rings. The Balaban J connectivity index is 1.70. The zero-order valence-electron chi connectivity index (χ0n) is 22.2. The third kappa shape index (κ3) is 5.01. The third-order valence-corrected chi connectivity index (χ3v) is 6.62. The molecule has 0 amide bonds. The van der Waals surface area contributed by atoms with Gasteiger partial charge in [-0.2, -0.15) is 0 Å². The summed E-state index contributed by atoms with van der Waals surface area (Å²) in [7, 11) is 4.92. The van der Waals surface area contributed by atoms with E-state index in [2.05, 4.69) is 4.98 Å². The number of anilines is 2. The molecule has 0 aliphatic carbocycles. The highest BCUT2D eigenvalue weighted by Crippen LogP contribution is 2.35. The summed E-state index contributed by atoms with van der Waals surface area (Å²) in [6.07, 6.45) is 2.22. The number of carbonyl (C=O) groups is 1. The zero-order valence-corrected chi connectivity index (χ0v) is 22.2. The largest absolute Gasteiger partial charge is 0.465 e. The molecule has 0 spiro atoms. The number of aliphatic imine (C=N–C) groups is 1. The van der Waals surface area contributed by atoms with Crippen molar-refractivity contribution in [2.75, 3.05) is 19.1 Å². The Morgan fingerprint density at radius 3 is 2.23 bits per heavy atom. The first-order chi connectivity index (χ1) is 18.9. The molecule has 0 aliphatic rings. The van der Waals surface area contributed by atoms with Gasteiger partial charge in [0.1, 0.15) is 17.2 Å². The lowest BCUT2D eigenvalue weighted by Gasteiger charge is -2.23. The molecule has 8 heteroatoms. The van der Waals surface area contributed by atoms with Crippen LogP contribution in [0.15, 0.2) is 90.2 Å². The Hall–Kier alpha value is -4.85. The summed E-state index contributed by atoms with van der Waals surface area (Å²) in [6, 6.07) is 24.5. The summed E-state index contributed by atoms with van der Waals surface area (Å²) < 4.78 is 22.2. The van der Waals surface area contributed by atoms with Crippen LogP contribution < -0.4 is 4.90 Å². The summed E-state index contributed by atoms with van der Waals surface area (Å²) in [4.78, 5) is 28.3. The zero-order chi connectivity index (χ0) is 27.5. The number of carbonyl (C=O) groups excluding carboxylic acids is 1. The number of aryl methyl sites for hydroxylation is 2. The van der Waals surface area contributed by atoms with E-state index >= 15 is 4.39 Å². The Bertz CT molecular complexity index is 1640. The van der Waals surface area contributed by atoms with Crippen LogP contribution >= 0.6 is 0 Å². The minimum atomic E-state index is -0.585. The van der Waals surface area contributed by atoms with Gasteiger partial charge >= 0.3 is 5.97 Å². The summed E-state index contributed by atoms with van der Waals surface area (Å²) in [5.74, 6) is -0.214. The minimum Gasteiger partial charge on any atom is -0.465 e. The molecule has 5 aromatic rings. The predicted octanol–water partition coefficient (Wildman–Crippen LogP) is 6.39. The van der Waals surface area contributed by atoms with E-state index in [4.69, 9.17) is 14.7 Å². The smallest absolute Gasteiger partial charge is 0.337 e. The topological polar surface area (TPSA) is 72.6 Å². The number of halogens is 1. The highest BCUT2D eigenvalue weighted by Gasteiger charge is 2.21. The molecule has 0 N–H and O–H groups in total. The van der Waals surface area contributed by atoms with E-state index in [0.717, 1.165) is 22.4 Å². The summed E-state index contributed by atoms with van der Waals surface area (Å²) in [5.41, 5.74) is 5.21. The van der Waals surface area contributed by atoms with Gasteiger partial charge in [-0.15, -0.1) is 0 Å². The lowest BCUT2D eigenvalue weighted by atomic mass is 10.0. The van der Waals surface area contributed by atoms with Crippen LogP contribution in [0.3, 0.4) is 0 Å². The van der Waals surface area contributed by atoms with Crippen molar-refractivity contribution in [2.45, 2.75) is 13.3 Å². The first kappa shape index (κ1) is 25.8. The highest BCUT2D eigenvalue weighted by molar-refractivity contribution is 6.14. The summed E-state index contributed by atoms with van der Waals surface area (Å²) >= 11 is 0. The number of esters is 1. The SMILES string of the molecule is CCc1cc(C(=O)OC)cc(F)c1N(C)c1cc2c(ncn2C)c(N=C(c2ccccc2)c2ccccc2)n1. The van der Waals surface area contributed by atoms with Crippen molar-refractivity contribution in [1.82, 2.24) is 14.5 Å². The number of pyridine rings is 1. The van der Waals surface area contributed by atoms with Crippen molar-refractivity contribution >= 4 is 40.0 Å². The molecule has 5 rings (SSSR count). The maximum absolute atomic E-state index is 15.5. The lowest BCUT2D eigenvalue weighted by Crippen LogP contribution is -2.16. The van der Waals surface area contributed by atoms with Crippen molar-refractivity contribution in [3.05, 3.63) is 113 Å². The van der Waals surface area contributed by atoms with Gasteiger partial charge in [0.25, 0.3) is 0 Å². The molecule has 2 heterocycles. The number of methoxy groups -OCH3 is 1. The van der Waals surface area contributed by atoms with E-state index in [1.165, 1.54) is 13.2 Å². The molecular weight excluding hydrogens is 493 g/mol. The van der Waals surface area contributed by atoms with Gasteiger partial charge in [-0.1, -0.05) is 67.6 Å². The van der Waals surface area contributed by atoms with Gasteiger partial charge < -0.3 is 14.2 Å². The van der Waals surface area contributed by atoms with Gasteiger partial charge in [0, 0.05) is 31.3 Å². The third-order valence-electron chi connectivity index (χ3n) is 6.62. The van der Waals surface area contributed by atoms with E-state index in [0.29, 0.717) is 34.8 Å². The van der Waals surface area contributed by atoms with Crippen LogP contribution in [0.2, 0.25) is 0 Å². The number of fused-ring (bicyclic) bond motifs is 1. The second-order valence-corrected chi connectivity index (χ2v) is 9.09. The van der Waals surface area contributed by atoms with Gasteiger partial charge in [0.15, 0.2) is 5.82 Å². The van der Waals surface area contributed by atoms with E-state index in [1.54, 1.807) is 24.3 Å². The number of hydrogen-bond donors (Lipinski definition) is 0. The summed E-state index contributed by atoms with van der Waals surface area (Å²) in [6.45, 7) is 1.91. The normalized spacial score (nSPS) is 10.9. The van der Waals surface area contributed by atoms with Crippen LogP contribution in [-0.2, 0) is 18.2 Å². The van der Waals surface area contributed by atoms with Gasteiger partial charge in [0.2, 0.25) is 0 Å². The molecule has 0 radical (unpaired) electrons. The maximum Gasteiger partial charge on any atom is 0.337 e. The number of aromatic nitrogens is 3. The number of ether oxygens (including phenoxy) is 1. The molecule has 0 atom stereocenters. The molecular formula is C31H28FN5O2. The average Bonchev–Trinajstić information content (AvgIpc) is 3.35. The number of rotatable bonds is 7. The molecule has 0 aliphatic heterocycles. The Morgan fingerprint density at radius 2 is 1.64 bits per heavy atom. The van der Waals surface area contributed by atoms with Crippen molar-refractivity contribution in [1.29, 1.82) is 0 Å². The maximum atomic E-state index is 15.5. The Labute approximate surface area is 226 Å². The van der Waals surface area contributed by atoms with E-state index in [9.17, 15) is 4.79 Å². The number of nitrogens with zero attached hydrogens (tertiary/aromatic N) is 5. The second-order valence-electron chi connectivity index (χ2n) is 9.09. The van der Waals surface area contributed by atoms with Crippen LogP contribution in [-0.4, -0.2) is 40.4 Å². The van der Waals surface area contributed by atoms with Crippen molar-refractivity contribution in [3.8, 4) is 0 Å². The molecule has 2 aromatic heterocycles. The fourth-order valence-corrected chi connectivity index (χ4v) is 4.59. The average molecular weight is 522 g/mol. The highest BCUT2D eigenvalue weighted by atomic mass is 19.1. The second kappa shape index (κ2) is 10.9. The lowest BCUT2D eigenvalue weighted by molar-refractivity contribution is 0.0600. The first-order valence-corrected chi connectivity index (χ1v) is 12.6. The van der Waals surface area contributed by atoms with E-state index in [-0.39, 0.29) is 5.56 Å². The van der Waals surface area contributed by atoms with Crippen LogP contribution in [0, 0.1) is 5.82 Å². The van der Waals surface area contributed by atoms with Crippen LogP contribution in [0.1, 0.15) is 34.0 Å². The quantitative estimate of drug-likeness (QED) is 0.183. The van der Waals surface area contributed by atoms with Crippen molar-refractivity contribution < 1.29 is 13.9 Å². The number of hydrogen-bond acceptors (Lipinski definition) is 6. The van der Waals surface area contributed by atoms with Gasteiger partial charge in [-0.3, -0.25) is 0 Å². The fraction of sp³-hybridized carbons (Fsp3) is 0.161. The number of benzene rings is 3. The van der Waals surface area contributed by atoms with Crippen molar-refractivity contribution in [3.63, 3.8) is 0 Å². The molecule has 3 aromatic carbocycles. The van der Waals surface area contributed by atoms with Gasteiger partial charge in [-0.05, 0) is 24.1 Å². The standard InChI is InChI=1S/C31H28FN5O2/c1-5-20-16-23(31(38)39-4)17-24(32)29(20)37(3)26-18-25-28(33-19-36(25)2)30(34-26)35-27(21-12-8-6-9-13-21)22-14-10-7-11-15-22/h6-19H,5H2,1-4H3. The molecule has 39 heavy (non-hydrogen) atoms. The number of imidazole rings is 1. The molecule has 7 nitrogen and oxygen atoms in total. The van der Waals surface area contributed by atoms with Crippen LogP contribution in [0.25, 0.3) is 11.0 Å². The first-order valence-electron chi connectivity index (χ1n) is 12.6.